The molecular weight excluding hydrogens is 817 g/mol. The Morgan fingerprint density at radius 3 is 1.40 bits per heavy atom. The Morgan fingerprint density at radius 1 is 0.354 bits per heavy atom. The van der Waals surface area contributed by atoms with Crippen molar-refractivity contribution in [2.75, 3.05) is 9.80 Å². The molecule has 7 heteroatoms. The summed E-state index contributed by atoms with van der Waals surface area (Å²) in [7, 11) is 0. The van der Waals surface area contributed by atoms with Crippen molar-refractivity contribution in [2.24, 2.45) is 0 Å². The topological polar surface area (TPSA) is 58.5 Å². The number of aromatic nitrogens is 2. The molecular formula is C58H36N4O2S. The summed E-state index contributed by atoms with van der Waals surface area (Å²) in [6.45, 7) is 0. The molecule has 306 valence electrons. The molecule has 0 fully saturated rings. The molecule has 13 aromatic rings. The standard InChI is InChI=1S/C58H36N4O2S/c1-3-11-37(12-4-1)39-19-23-41(24-20-39)61(43-27-29-48-46-15-7-9-17-51(46)63-53(48)33-43)45-35-55-57(59-36-45)50-31-32-56(60-58(50)65-55)62(42-25-21-40(22-26-42)38-13-5-2-6-14-38)44-28-30-49-47-16-8-10-18-52(47)64-54(49)34-44/h1-36H. The van der Waals surface area contributed by atoms with E-state index in [0.29, 0.717) is 0 Å². The number of hydrogen-bond acceptors (Lipinski definition) is 7. The highest BCUT2D eigenvalue weighted by molar-refractivity contribution is 7.25. The summed E-state index contributed by atoms with van der Waals surface area (Å²) < 4.78 is 13.8. The first kappa shape index (κ1) is 37.1. The highest BCUT2D eigenvalue weighted by atomic mass is 32.1. The predicted octanol–water partition coefficient (Wildman–Crippen LogP) is 16.9. The average Bonchev–Trinajstić information content (AvgIpc) is 4.05. The monoisotopic (exact) mass is 852 g/mol. The molecule has 5 heterocycles. The molecule has 0 bridgehead atoms. The van der Waals surface area contributed by atoms with Crippen LogP contribution in [0.4, 0.5) is 34.3 Å². The van der Waals surface area contributed by atoms with Crippen molar-refractivity contribution in [1.82, 2.24) is 9.97 Å². The van der Waals surface area contributed by atoms with Gasteiger partial charge in [0.2, 0.25) is 0 Å². The van der Waals surface area contributed by atoms with Crippen molar-refractivity contribution in [3.05, 3.63) is 219 Å². The van der Waals surface area contributed by atoms with E-state index in [1.54, 1.807) is 11.3 Å². The Balaban J connectivity index is 0.929. The summed E-state index contributed by atoms with van der Waals surface area (Å²) in [4.78, 5) is 15.9. The van der Waals surface area contributed by atoms with E-state index in [-0.39, 0.29) is 0 Å². The SMILES string of the molecule is c1ccc(-c2ccc(N(c3ccc4c(c3)oc3ccccc34)c3cnc4c(c3)sc3nc(N(c5ccc(-c6ccccc6)cc5)c5ccc6c(c5)oc5ccccc56)ccc34)cc2)cc1. The minimum atomic E-state index is 0.798. The number of nitrogens with zero attached hydrogens (tertiary/aromatic N) is 4. The van der Waals surface area contributed by atoms with Crippen molar-refractivity contribution in [3.8, 4) is 22.3 Å². The summed E-state index contributed by atoms with van der Waals surface area (Å²) in [5.74, 6) is 0.798. The molecule has 0 radical (unpaired) electrons. The van der Waals surface area contributed by atoms with Gasteiger partial charge in [0.15, 0.2) is 0 Å². The largest absolute Gasteiger partial charge is 0.456 e. The number of anilines is 6. The number of pyridine rings is 2. The molecule has 0 aliphatic rings. The van der Waals surface area contributed by atoms with Crippen LogP contribution in [0.3, 0.4) is 0 Å². The molecule has 6 nitrogen and oxygen atoms in total. The average molecular weight is 853 g/mol. The van der Waals surface area contributed by atoms with Gasteiger partial charge < -0.3 is 13.7 Å². The quantitative estimate of drug-likeness (QED) is 0.152. The summed E-state index contributed by atoms with van der Waals surface area (Å²) in [6.07, 6.45) is 1.97. The second-order valence-electron chi connectivity index (χ2n) is 16.2. The fourth-order valence-corrected chi connectivity index (χ4v) is 10.3. The molecule has 0 saturated carbocycles. The van der Waals surface area contributed by atoms with Crippen LogP contribution in [0.15, 0.2) is 227 Å². The number of benzene rings is 8. The van der Waals surface area contributed by atoms with Crippen LogP contribution in [0.5, 0.6) is 0 Å². The molecule has 0 unspecified atom stereocenters. The van der Waals surface area contributed by atoms with Crippen LogP contribution in [0, 0.1) is 0 Å². The minimum Gasteiger partial charge on any atom is -0.456 e. The maximum Gasteiger partial charge on any atom is 0.139 e. The summed E-state index contributed by atoms with van der Waals surface area (Å²) in [5, 5.41) is 5.38. The maximum atomic E-state index is 6.40. The van der Waals surface area contributed by atoms with E-state index in [0.717, 1.165) is 110 Å². The Morgan fingerprint density at radius 2 is 0.815 bits per heavy atom. The lowest BCUT2D eigenvalue weighted by Crippen LogP contribution is -2.11. The second-order valence-corrected chi connectivity index (χ2v) is 17.2. The number of rotatable bonds is 8. The number of furan rings is 2. The van der Waals surface area contributed by atoms with Gasteiger partial charge in [-0.05, 0) is 101 Å². The van der Waals surface area contributed by atoms with Crippen molar-refractivity contribution < 1.29 is 8.83 Å². The maximum absolute atomic E-state index is 6.40. The van der Waals surface area contributed by atoms with Gasteiger partial charge in [0, 0.05) is 56.1 Å². The molecule has 5 aromatic heterocycles. The lowest BCUT2D eigenvalue weighted by atomic mass is 10.0. The Bertz CT molecular complexity index is 3640. The Kier molecular flexibility index (Phi) is 8.60. The van der Waals surface area contributed by atoms with Crippen molar-refractivity contribution in [3.63, 3.8) is 0 Å². The van der Waals surface area contributed by atoms with Gasteiger partial charge in [-0.25, -0.2) is 4.98 Å². The van der Waals surface area contributed by atoms with Gasteiger partial charge in [-0.3, -0.25) is 9.88 Å². The van der Waals surface area contributed by atoms with E-state index in [2.05, 4.69) is 186 Å². The van der Waals surface area contributed by atoms with Gasteiger partial charge >= 0.3 is 0 Å². The molecule has 13 rings (SSSR count). The molecule has 8 aromatic carbocycles. The first-order valence-corrected chi connectivity index (χ1v) is 22.4. The molecule has 0 aliphatic carbocycles. The van der Waals surface area contributed by atoms with Crippen LogP contribution < -0.4 is 9.80 Å². The molecule has 0 atom stereocenters. The van der Waals surface area contributed by atoms with Crippen LogP contribution in [-0.4, -0.2) is 9.97 Å². The van der Waals surface area contributed by atoms with E-state index in [1.165, 1.54) is 11.1 Å². The van der Waals surface area contributed by atoms with Crippen molar-refractivity contribution >= 4 is 110 Å². The first-order chi connectivity index (χ1) is 32.2. The van der Waals surface area contributed by atoms with Crippen molar-refractivity contribution in [2.45, 2.75) is 0 Å². The van der Waals surface area contributed by atoms with Gasteiger partial charge in [0.1, 0.15) is 33.0 Å². The van der Waals surface area contributed by atoms with E-state index < -0.39 is 0 Å². The van der Waals surface area contributed by atoms with Gasteiger partial charge in [-0.1, -0.05) is 121 Å². The van der Waals surface area contributed by atoms with E-state index >= 15 is 0 Å². The van der Waals surface area contributed by atoms with E-state index in [9.17, 15) is 0 Å². The number of thiophene rings is 1. The van der Waals surface area contributed by atoms with Crippen LogP contribution in [-0.2, 0) is 0 Å². The van der Waals surface area contributed by atoms with E-state index in [1.807, 2.05) is 42.6 Å². The summed E-state index contributed by atoms with van der Waals surface area (Å²) >= 11 is 1.65. The third kappa shape index (κ3) is 6.40. The second kappa shape index (κ2) is 15.1. The van der Waals surface area contributed by atoms with Crippen LogP contribution in [0.2, 0.25) is 0 Å². The molecule has 0 spiro atoms. The fourth-order valence-electron chi connectivity index (χ4n) is 9.19. The molecule has 0 aliphatic heterocycles. The van der Waals surface area contributed by atoms with Gasteiger partial charge in [-0.2, -0.15) is 0 Å². The molecule has 0 saturated heterocycles. The molecule has 65 heavy (non-hydrogen) atoms. The zero-order chi connectivity index (χ0) is 42.8. The third-order valence-corrected chi connectivity index (χ3v) is 13.4. The fraction of sp³-hybridized carbons (Fsp3) is 0. The van der Waals surface area contributed by atoms with Crippen LogP contribution in [0.25, 0.3) is 86.6 Å². The number of para-hydroxylation sites is 2. The Hall–Kier alpha value is -8.52. The van der Waals surface area contributed by atoms with Crippen molar-refractivity contribution in [1.29, 1.82) is 0 Å². The molecule has 0 N–H and O–H groups in total. The minimum absolute atomic E-state index is 0.798. The predicted molar refractivity (Wildman–Crippen MR) is 270 cm³/mol. The lowest BCUT2D eigenvalue weighted by molar-refractivity contribution is 0.668. The highest BCUT2D eigenvalue weighted by Gasteiger charge is 2.21. The zero-order valence-corrected chi connectivity index (χ0v) is 35.6. The smallest absolute Gasteiger partial charge is 0.139 e. The van der Waals surface area contributed by atoms with Gasteiger partial charge in [-0.15, -0.1) is 11.3 Å². The highest BCUT2D eigenvalue weighted by Crippen LogP contribution is 2.44. The Labute approximate surface area is 377 Å². The molecule has 0 amide bonds. The third-order valence-electron chi connectivity index (χ3n) is 12.3. The summed E-state index contributed by atoms with van der Waals surface area (Å²) in [5.41, 5.74) is 13.8. The zero-order valence-electron chi connectivity index (χ0n) is 34.8. The van der Waals surface area contributed by atoms with Crippen LogP contribution >= 0.6 is 11.3 Å². The normalized spacial score (nSPS) is 11.7. The number of hydrogen-bond donors (Lipinski definition) is 0. The van der Waals surface area contributed by atoms with Gasteiger partial charge in [0.05, 0.1) is 27.8 Å². The first-order valence-electron chi connectivity index (χ1n) is 21.6. The number of fused-ring (bicyclic) bond motifs is 9. The van der Waals surface area contributed by atoms with E-state index in [4.69, 9.17) is 18.8 Å². The summed E-state index contributed by atoms with van der Waals surface area (Å²) in [6, 6.07) is 74.1. The van der Waals surface area contributed by atoms with Crippen LogP contribution in [0.1, 0.15) is 0 Å². The van der Waals surface area contributed by atoms with Gasteiger partial charge in [0.25, 0.3) is 0 Å². The lowest BCUT2D eigenvalue weighted by Gasteiger charge is -2.25.